The summed E-state index contributed by atoms with van der Waals surface area (Å²) in [7, 11) is 1.20. The van der Waals surface area contributed by atoms with Gasteiger partial charge in [0.2, 0.25) is 0 Å². The Balaban J connectivity index is 3.22. The molecule has 0 amide bonds. The van der Waals surface area contributed by atoms with E-state index in [9.17, 15) is 13.2 Å². The second kappa shape index (κ2) is 3.28. The van der Waals surface area contributed by atoms with E-state index < -0.39 is 11.7 Å². The lowest BCUT2D eigenvalue weighted by atomic mass is 10.1. The molecule has 0 bridgehead atoms. The fraction of sp³-hybridized carbons (Fsp3) is 0.222. The number of benzene rings is 1. The predicted octanol–water partition coefficient (Wildman–Crippen LogP) is 2.90. The van der Waals surface area contributed by atoms with Gasteiger partial charge < -0.3 is 4.74 Å². The lowest BCUT2D eigenvalue weighted by molar-refractivity contribution is -0.138. The zero-order chi connectivity index (χ0) is 10.1. The summed E-state index contributed by atoms with van der Waals surface area (Å²) in [5, 5.41) is 0. The van der Waals surface area contributed by atoms with E-state index in [0.29, 0.717) is 5.56 Å². The maximum absolute atomic E-state index is 12.3. The van der Waals surface area contributed by atoms with E-state index in [1.807, 2.05) is 0 Å². The third kappa shape index (κ3) is 2.14. The number of hydrogen-bond donors (Lipinski definition) is 0. The second-order valence-electron chi connectivity index (χ2n) is 2.53. The summed E-state index contributed by atoms with van der Waals surface area (Å²) in [4.78, 5) is 0. The average molecular weight is 189 g/mol. The van der Waals surface area contributed by atoms with Gasteiger partial charge in [0.1, 0.15) is 5.75 Å². The molecular formula is C9H8F3O. The largest absolute Gasteiger partial charge is 0.496 e. The first kappa shape index (κ1) is 9.89. The first-order valence-electron chi connectivity index (χ1n) is 3.52. The highest BCUT2D eigenvalue weighted by molar-refractivity contribution is 5.40. The smallest absolute Gasteiger partial charge is 0.419 e. The Morgan fingerprint density at radius 3 is 2.38 bits per heavy atom. The molecule has 0 atom stereocenters. The average Bonchev–Trinajstić information content (AvgIpc) is 2.01. The number of ether oxygens (including phenoxy) is 1. The Labute approximate surface area is 74.1 Å². The van der Waals surface area contributed by atoms with Crippen LogP contribution in [0.2, 0.25) is 0 Å². The zero-order valence-electron chi connectivity index (χ0n) is 6.98. The van der Waals surface area contributed by atoms with Crippen LogP contribution in [-0.2, 0) is 6.18 Å². The van der Waals surface area contributed by atoms with Gasteiger partial charge in [-0.25, -0.2) is 0 Å². The Bertz CT molecular complexity index is 304. The molecular weight excluding hydrogens is 181 g/mol. The van der Waals surface area contributed by atoms with Crippen molar-refractivity contribution in [2.24, 2.45) is 0 Å². The summed E-state index contributed by atoms with van der Waals surface area (Å²) < 4.78 is 41.4. The van der Waals surface area contributed by atoms with Crippen LogP contribution in [0.25, 0.3) is 0 Å². The van der Waals surface area contributed by atoms with Crippen LogP contribution >= 0.6 is 0 Å². The molecule has 1 aromatic carbocycles. The Morgan fingerprint density at radius 1 is 1.31 bits per heavy atom. The van der Waals surface area contributed by atoms with Gasteiger partial charge in [-0.3, -0.25) is 0 Å². The number of methoxy groups -OCH3 is 1. The summed E-state index contributed by atoms with van der Waals surface area (Å²) in [6.45, 7) is 3.50. The zero-order valence-corrected chi connectivity index (χ0v) is 6.98. The van der Waals surface area contributed by atoms with Gasteiger partial charge >= 0.3 is 6.18 Å². The second-order valence-corrected chi connectivity index (χ2v) is 2.53. The molecule has 71 valence electrons. The molecule has 0 fully saturated rings. The predicted molar refractivity (Wildman–Crippen MR) is 42.5 cm³/mol. The molecule has 4 heteroatoms. The minimum Gasteiger partial charge on any atom is -0.496 e. The number of halogens is 3. The van der Waals surface area contributed by atoms with Gasteiger partial charge in [0.15, 0.2) is 0 Å². The molecule has 0 N–H and O–H groups in total. The van der Waals surface area contributed by atoms with Gasteiger partial charge in [0, 0.05) is 0 Å². The molecule has 1 rings (SSSR count). The highest BCUT2D eigenvalue weighted by Gasteiger charge is 2.33. The molecule has 0 aromatic heterocycles. The number of rotatable bonds is 1. The van der Waals surface area contributed by atoms with E-state index in [4.69, 9.17) is 0 Å². The molecule has 0 saturated carbocycles. The van der Waals surface area contributed by atoms with Crippen molar-refractivity contribution in [2.75, 3.05) is 7.11 Å². The van der Waals surface area contributed by atoms with Crippen molar-refractivity contribution >= 4 is 0 Å². The van der Waals surface area contributed by atoms with Crippen LogP contribution in [0.3, 0.4) is 0 Å². The molecule has 0 aliphatic heterocycles. The van der Waals surface area contributed by atoms with Crippen LogP contribution in [0.15, 0.2) is 18.2 Å². The van der Waals surface area contributed by atoms with Gasteiger partial charge in [-0.2, -0.15) is 13.2 Å². The Morgan fingerprint density at radius 2 is 1.92 bits per heavy atom. The van der Waals surface area contributed by atoms with Crippen molar-refractivity contribution in [3.63, 3.8) is 0 Å². The molecule has 0 aliphatic carbocycles. The molecule has 0 saturated heterocycles. The molecule has 0 unspecified atom stereocenters. The minimum absolute atomic E-state index is 0.194. The highest BCUT2D eigenvalue weighted by Crippen LogP contribution is 2.36. The van der Waals surface area contributed by atoms with Crippen LogP contribution in [0, 0.1) is 6.92 Å². The van der Waals surface area contributed by atoms with Crippen LogP contribution in [0.1, 0.15) is 11.1 Å². The van der Waals surface area contributed by atoms with Gasteiger partial charge in [-0.15, -0.1) is 0 Å². The van der Waals surface area contributed by atoms with E-state index in [1.165, 1.54) is 19.2 Å². The number of alkyl halides is 3. The van der Waals surface area contributed by atoms with Crippen LogP contribution in [0.5, 0.6) is 5.75 Å². The Kier molecular flexibility index (Phi) is 2.50. The SMILES string of the molecule is [CH2]c1ccc(C(F)(F)F)c(OC)c1. The van der Waals surface area contributed by atoms with Gasteiger partial charge in [0.05, 0.1) is 12.7 Å². The van der Waals surface area contributed by atoms with Crippen molar-refractivity contribution < 1.29 is 17.9 Å². The molecule has 13 heavy (non-hydrogen) atoms. The normalized spacial score (nSPS) is 11.5. The van der Waals surface area contributed by atoms with Crippen molar-refractivity contribution in [3.05, 3.63) is 36.2 Å². The third-order valence-electron chi connectivity index (χ3n) is 1.57. The van der Waals surface area contributed by atoms with Crippen molar-refractivity contribution in [3.8, 4) is 5.75 Å². The van der Waals surface area contributed by atoms with E-state index in [-0.39, 0.29) is 5.75 Å². The van der Waals surface area contributed by atoms with E-state index >= 15 is 0 Å². The topological polar surface area (TPSA) is 9.23 Å². The summed E-state index contributed by atoms with van der Waals surface area (Å²) >= 11 is 0. The van der Waals surface area contributed by atoms with Gasteiger partial charge in [-0.05, 0) is 24.6 Å². The van der Waals surface area contributed by atoms with Crippen LogP contribution in [0.4, 0.5) is 13.2 Å². The first-order chi connectivity index (χ1) is 5.95. The van der Waals surface area contributed by atoms with Crippen LogP contribution in [-0.4, -0.2) is 7.11 Å². The summed E-state index contributed by atoms with van der Waals surface area (Å²) in [5.41, 5.74) is -0.285. The lowest BCUT2D eigenvalue weighted by Gasteiger charge is -2.11. The molecule has 1 radical (unpaired) electrons. The summed E-state index contributed by atoms with van der Waals surface area (Å²) in [6.07, 6.45) is -4.38. The fourth-order valence-electron chi connectivity index (χ4n) is 0.970. The highest BCUT2D eigenvalue weighted by atomic mass is 19.4. The fourth-order valence-corrected chi connectivity index (χ4v) is 0.970. The van der Waals surface area contributed by atoms with Crippen molar-refractivity contribution in [1.82, 2.24) is 0 Å². The summed E-state index contributed by atoms with van der Waals surface area (Å²) in [6, 6.07) is 3.51. The lowest BCUT2D eigenvalue weighted by Crippen LogP contribution is -2.07. The van der Waals surface area contributed by atoms with Crippen LogP contribution < -0.4 is 4.74 Å². The molecule has 1 nitrogen and oxygen atoms in total. The van der Waals surface area contributed by atoms with E-state index in [2.05, 4.69) is 11.7 Å². The first-order valence-corrected chi connectivity index (χ1v) is 3.52. The monoisotopic (exact) mass is 189 g/mol. The quantitative estimate of drug-likeness (QED) is 0.660. The molecule has 0 aliphatic rings. The molecule has 0 spiro atoms. The van der Waals surface area contributed by atoms with Gasteiger partial charge in [0.25, 0.3) is 0 Å². The molecule has 0 heterocycles. The maximum atomic E-state index is 12.3. The third-order valence-corrected chi connectivity index (χ3v) is 1.57. The van der Waals surface area contributed by atoms with E-state index in [1.54, 1.807) is 0 Å². The molecule has 1 aromatic rings. The summed E-state index contributed by atoms with van der Waals surface area (Å²) in [5.74, 6) is -0.194. The maximum Gasteiger partial charge on any atom is 0.419 e. The minimum atomic E-state index is -4.38. The van der Waals surface area contributed by atoms with Crippen molar-refractivity contribution in [1.29, 1.82) is 0 Å². The van der Waals surface area contributed by atoms with Gasteiger partial charge in [-0.1, -0.05) is 6.07 Å². The van der Waals surface area contributed by atoms with Crippen molar-refractivity contribution in [2.45, 2.75) is 6.18 Å². The Hall–Kier alpha value is -1.19. The van der Waals surface area contributed by atoms with E-state index in [0.717, 1.165) is 6.07 Å². The standard InChI is InChI=1S/C9H8F3O/c1-6-3-4-7(9(10,11)12)8(5-6)13-2/h3-5H,1H2,2H3. The number of hydrogen-bond acceptors (Lipinski definition) is 1.